The molecule has 1 aliphatic heterocycles. The van der Waals surface area contributed by atoms with E-state index in [2.05, 4.69) is 26.9 Å². The number of nitrogens with zero attached hydrogens (tertiary/aromatic N) is 5. The van der Waals surface area contributed by atoms with Crippen molar-refractivity contribution in [1.82, 2.24) is 28.8 Å². The Kier molecular flexibility index (Phi) is 11.0. The van der Waals surface area contributed by atoms with E-state index in [9.17, 15) is 22.8 Å². The minimum absolute atomic E-state index is 0.147. The molecule has 4 rings (SSSR count). The lowest BCUT2D eigenvalue weighted by molar-refractivity contribution is -0.134. The van der Waals surface area contributed by atoms with Crippen LogP contribution in [0.3, 0.4) is 0 Å². The lowest BCUT2D eigenvalue weighted by Gasteiger charge is -2.33. The summed E-state index contributed by atoms with van der Waals surface area (Å²) in [7, 11) is -3.71. The summed E-state index contributed by atoms with van der Waals surface area (Å²) in [4.78, 5) is 41.7. The number of fused-ring (bicyclic) bond motifs is 1. The van der Waals surface area contributed by atoms with Gasteiger partial charge in [-0.25, -0.2) is 27.5 Å². The second-order valence-electron chi connectivity index (χ2n) is 9.37. The van der Waals surface area contributed by atoms with Gasteiger partial charge in [-0.1, -0.05) is 13.8 Å². The minimum Gasteiger partial charge on any atom is -0.493 e. The summed E-state index contributed by atoms with van der Waals surface area (Å²) in [6.45, 7) is 11.3. The molecule has 0 saturated carbocycles. The number of nitrogens with one attached hydrogen (secondary N) is 1. The Hall–Kier alpha value is -4.08. The van der Waals surface area contributed by atoms with Crippen molar-refractivity contribution < 1.29 is 33.0 Å². The number of likely N-dealkylation sites (N-methyl/N-ethyl adjacent to an activating group) is 1. The molecule has 1 fully saturated rings. The number of carbonyl (C=O) groups is 2. The Balaban J connectivity index is 0.000000531. The van der Waals surface area contributed by atoms with Crippen LogP contribution in [0.25, 0.3) is 16.9 Å². The number of ether oxygens (including phenoxy) is 1. The number of sulfonamides is 1. The average Bonchev–Trinajstić information content (AvgIpc) is 3.28. The number of imidazole rings is 1. The molecule has 3 heterocycles. The molecular formula is C27H36N6O8S. The number of aliphatic carboxylic acids is 2. The molecule has 3 N–H and O–H groups in total. The van der Waals surface area contributed by atoms with Crippen LogP contribution < -0.4 is 10.3 Å². The number of hydrogen-bond donors (Lipinski definition) is 3. The van der Waals surface area contributed by atoms with E-state index >= 15 is 0 Å². The molecule has 42 heavy (non-hydrogen) atoms. The van der Waals surface area contributed by atoms with Gasteiger partial charge in [-0.15, -0.1) is 5.10 Å². The second kappa shape index (κ2) is 14.2. The van der Waals surface area contributed by atoms with Crippen LogP contribution in [0.15, 0.2) is 40.0 Å². The zero-order chi connectivity index (χ0) is 31.0. The first-order valence-corrected chi connectivity index (χ1v) is 15.0. The number of H-pyrrole nitrogens is 1. The summed E-state index contributed by atoms with van der Waals surface area (Å²) in [6.07, 6.45) is 2.64. The first-order chi connectivity index (χ1) is 19.9. The van der Waals surface area contributed by atoms with E-state index in [0.29, 0.717) is 79.7 Å². The Morgan fingerprint density at radius 3 is 2.26 bits per heavy atom. The fraction of sp³-hybridized carbons (Fsp3) is 0.444. The van der Waals surface area contributed by atoms with Gasteiger partial charge in [0.2, 0.25) is 10.0 Å². The number of rotatable bonds is 10. The van der Waals surface area contributed by atoms with E-state index in [1.165, 1.54) is 4.31 Å². The third-order valence-corrected chi connectivity index (χ3v) is 8.40. The van der Waals surface area contributed by atoms with E-state index in [1.54, 1.807) is 29.6 Å². The van der Waals surface area contributed by atoms with Gasteiger partial charge in [-0.2, -0.15) is 4.31 Å². The molecule has 0 spiro atoms. The maximum absolute atomic E-state index is 13.4. The molecule has 1 aliphatic rings. The van der Waals surface area contributed by atoms with Gasteiger partial charge >= 0.3 is 11.9 Å². The molecule has 15 heteroatoms. The lowest BCUT2D eigenvalue weighted by atomic mass is 10.2. The normalized spacial score (nSPS) is 14.6. The van der Waals surface area contributed by atoms with Crippen molar-refractivity contribution >= 4 is 27.5 Å². The van der Waals surface area contributed by atoms with Crippen molar-refractivity contribution in [2.75, 3.05) is 39.3 Å². The second-order valence-corrected chi connectivity index (χ2v) is 11.3. The molecule has 0 amide bonds. The predicted molar refractivity (Wildman–Crippen MR) is 154 cm³/mol. The van der Waals surface area contributed by atoms with Crippen LogP contribution in [-0.2, 0) is 26.0 Å². The number of carboxylic acid groups (broad SMARTS) is 2. The number of aryl methyl sites for hydroxylation is 2. The van der Waals surface area contributed by atoms with Gasteiger partial charge in [0.25, 0.3) is 5.56 Å². The van der Waals surface area contributed by atoms with Gasteiger partial charge in [0.05, 0.1) is 22.8 Å². The summed E-state index contributed by atoms with van der Waals surface area (Å²) >= 11 is 0. The molecule has 1 aromatic carbocycles. The average molecular weight is 605 g/mol. The van der Waals surface area contributed by atoms with Gasteiger partial charge in [0, 0.05) is 44.8 Å². The maximum atomic E-state index is 13.4. The Morgan fingerprint density at radius 2 is 1.71 bits per heavy atom. The fourth-order valence-electron chi connectivity index (χ4n) is 4.46. The van der Waals surface area contributed by atoms with Crippen LogP contribution >= 0.6 is 0 Å². The highest BCUT2D eigenvalue weighted by Gasteiger charge is 2.29. The zero-order valence-corrected chi connectivity index (χ0v) is 24.8. The third-order valence-electron chi connectivity index (χ3n) is 6.51. The molecule has 2 aromatic heterocycles. The summed E-state index contributed by atoms with van der Waals surface area (Å²) < 4.78 is 35.7. The van der Waals surface area contributed by atoms with E-state index in [-0.39, 0.29) is 16.3 Å². The van der Waals surface area contributed by atoms with Gasteiger partial charge in [0.1, 0.15) is 11.6 Å². The van der Waals surface area contributed by atoms with Gasteiger partial charge < -0.3 is 24.8 Å². The largest absolute Gasteiger partial charge is 0.493 e. The maximum Gasteiger partial charge on any atom is 0.328 e. The molecular weight excluding hydrogens is 568 g/mol. The first-order valence-electron chi connectivity index (χ1n) is 13.5. The Bertz CT molecular complexity index is 1610. The molecule has 0 bridgehead atoms. The molecule has 0 aliphatic carbocycles. The van der Waals surface area contributed by atoms with E-state index in [4.69, 9.17) is 14.9 Å². The Labute approximate surface area is 243 Å². The van der Waals surface area contributed by atoms with E-state index in [0.717, 1.165) is 13.0 Å². The fourth-order valence-corrected chi connectivity index (χ4v) is 5.91. The van der Waals surface area contributed by atoms with E-state index < -0.39 is 22.0 Å². The molecule has 0 radical (unpaired) electrons. The van der Waals surface area contributed by atoms with Crippen molar-refractivity contribution in [1.29, 1.82) is 0 Å². The highest BCUT2D eigenvalue weighted by molar-refractivity contribution is 7.89. The van der Waals surface area contributed by atoms with E-state index in [1.807, 2.05) is 13.8 Å². The smallest absolute Gasteiger partial charge is 0.328 e. The summed E-state index contributed by atoms with van der Waals surface area (Å²) in [6, 6.07) is 4.72. The molecule has 3 aromatic rings. The molecule has 0 atom stereocenters. The third kappa shape index (κ3) is 7.60. The van der Waals surface area contributed by atoms with Crippen LogP contribution in [0.1, 0.15) is 38.7 Å². The molecule has 14 nitrogen and oxygen atoms in total. The molecule has 1 saturated heterocycles. The number of hydrogen-bond acceptors (Lipinski definition) is 9. The van der Waals surface area contributed by atoms with Gasteiger partial charge in [0.15, 0.2) is 11.3 Å². The van der Waals surface area contributed by atoms with Crippen molar-refractivity contribution in [2.24, 2.45) is 0 Å². The topological polar surface area (TPSA) is 187 Å². The summed E-state index contributed by atoms with van der Waals surface area (Å²) in [5.74, 6) is -1.13. The monoisotopic (exact) mass is 604 g/mol. The molecule has 228 valence electrons. The number of carboxylic acids is 2. The highest BCUT2D eigenvalue weighted by atomic mass is 32.2. The van der Waals surface area contributed by atoms with Crippen molar-refractivity contribution in [3.05, 3.63) is 52.2 Å². The standard InChI is InChI=1S/C23H32N6O4S.C4H4O4/c1-5-8-20-24-16(4)21-23(30)25-22(26-29(20)21)18-15-17(9-10-19(18)33-7-3)34(31,32)28-13-11-27(6-2)12-14-28;5-3(6)1-2-4(7)8/h9-10,15H,5-8,11-14H2,1-4H3,(H,25,26,30);1-2H,(H,5,6)(H,7,8)/b;2-1-. The van der Waals surface area contributed by atoms with Gasteiger partial charge in [-0.3, -0.25) is 4.79 Å². The first kappa shape index (κ1) is 32.4. The van der Waals surface area contributed by atoms with Crippen molar-refractivity contribution in [3.8, 4) is 17.1 Å². The SMILES string of the molecule is CCCc1nc(C)c2c(=O)[nH]c(-c3cc(S(=O)(=O)N4CCN(CC)CC4)ccc3OCC)nn12.O=C(O)/C=C\C(=O)O. The number of aromatic amines is 1. The van der Waals surface area contributed by atoms with Crippen LogP contribution in [0, 0.1) is 6.92 Å². The highest BCUT2D eigenvalue weighted by Crippen LogP contribution is 2.31. The number of aromatic nitrogens is 4. The summed E-state index contributed by atoms with van der Waals surface area (Å²) in [5, 5.41) is 20.3. The van der Waals surface area contributed by atoms with Crippen molar-refractivity contribution in [3.63, 3.8) is 0 Å². The van der Waals surface area contributed by atoms with Crippen molar-refractivity contribution in [2.45, 2.75) is 45.4 Å². The predicted octanol–water partition coefficient (Wildman–Crippen LogP) is 1.78. The summed E-state index contributed by atoms with van der Waals surface area (Å²) in [5.41, 5.74) is 1.09. The van der Waals surface area contributed by atoms with Crippen LogP contribution in [0.2, 0.25) is 0 Å². The Morgan fingerprint density at radius 1 is 1.07 bits per heavy atom. The van der Waals surface area contributed by atoms with Crippen LogP contribution in [0.5, 0.6) is 5.75 Å². The quantitative estimate of drug-likeness (QED) is 0.286. The number of piperazine rings is 1. The van der Waals surface area contributed by atoms with Crippen LogP contribution in [-0.4, -0.2) is 98.7 Å². The van der Waals surface area contributed by atoms with Gasteiger partial charge in [-0.05, 0) is 45.0 Å². The molecule has 0 unspecified atom stereocenters. The minimum atomic E-state index is -3.71. The van der Waals surface area contributed by atoms with Crippen LogP contribution in [0.4, 0.5) is 0 Å². The number of benzene rings is 1. The lowest BCUT2D eigenvalue weighted by Crippen LogP contribution is -2.48. The zero-order valence-electron chi connectivity index (χ0n) is 24.0.